The van der Waals surface area contributed by atoms with Crippen LogP contribution in [0.15, 0.2) is 66.2 Å². The van der Waals surface area contributed by atoms with E-state index in [0.717, 1.165) is 12.0 Å². The number of Topliss-reactive ketones (excluding diaryl/α,β-unsaturated/α-hetero) is 1. The van der Waals surface area contributed by atoms with Crippen molar-refractivity contribution in [2.75, 3.05) is 19.1 Å². The lowest BCUT2D eigenvalue weighted by Gasteiger charge is -2.26. The van der Waals surface area contributed by atoms with Crippen molar-refractivity contribution in [1.82, 2.24) is 0 Å². The van der Waals surface area contributed by atoms with Gasteiger partial charge in [0.05, 0.1) is 30.9 Å². The van der Waals surface area contributed by atoms with Gasteiger partial charge in [0, 0.05) is 5.69 Å². The maximum Gasteiger partial charge on any atom is 0.300 e. The van der Waals surface area contributed by atoms with Gasteiger partial charge in [-0.1, -0.05) is 42.8 Å². The highest BCUT2D eigenvalue weighted by Gasteiger charge is 2.47. The smallest absolute Gasteiger partial charge is 0.300 e. The summed E-state index contributed by atoms with van der Waals surface area (Å²) in [5.74, 6) is -1.74. The molecule has 180 valence electrons. The Morgan fingerprint density at radius 1 is 1.00 bits per heavy atom. The third kappa shape index (κ3) is 4.19. The lowest BCUT2D eigenvalue weighted by atomic mass is 9.94. The van der Waals surface area contributed by atoms with Crippen molar-refractivity contribution < 1.29 is 29.3 Å². The maximum atomic E-state index is 13.4. The molecular weight excluding hydrogens is 470 g/mol. The number of anilines is 1. The zero-order valence-electron chi connectivity index (χ0n) is 19.4. The number of aliphatic hydroxyl groups is 1. The van der Waals surface area contributed by atoms with Crippen LogP contribution in [0.1, 0.15) is 29.7 Å². The number of hydrogen-bond donors (Lipinski definition) is 2. The molecule has 1 saturated heterocycles. The first-order valence-electron chi connectivity index (χ1n) is 10.9. The number of aryl methyl sites for hydroxylation is 1. The zero-order chi connectivity index (χ0) is 25.3. The Morgan fingerprint density at radius 2 is 1.63 bits per heavy atom. The van der Waals surface area contributed by atoms with Crippen molar-refractivity contribution in [3.05, 3.63) is 87.9 Å². The highest BCUT2D eigenvalue weighted by Crippen LogP contribution is 2.46. The molecule has 1 aliphatic rings. The third-order valence-electron chi connectivity index (χ3n) is 6.02. The van der Waals surface area contributed by atoms with Crippen molar-refractivity contribution >= 4 is 34.7 Å². The van der Waals surface area contributed by atoms with E-state index in [1.807, 2.05) is 19.1 Å². The van der Waals surface area contributed by atoms with Gasteiger partial charge in [0.1, 0.15) is 28.6 Å². The van der Waals surface area contributed by atoms with Crippen molar-refractivity contribution in [3.63, 3.8) is 0 Å². The molecule has 0 aliphatic carbocycles. The molecular formula is C27H24ClNO6. The number of carbonyl (C=O) groups excluding carboxylic acids is 2. The zero-order valence-corrected chi connectivity index (χ0v) is 20.2. The molecule has 7 nitrogen and oxygen atoms in total. The van der Waals surface area contributed by atoms with E-state index in [2.05, 4.69) is 0 Å². The lowest BCUT2D eigenvalue weighted by molar-refractivity contribution is -0.132. The van der Waals surface area contributed by atoms with Gasteiger partial charge in [0.25, 0.3) is 11.7 Å². The van der Waals surface area contributed by atoms with Crippen LogP contribution in [0.5, 0.6) is 17.2 Å². The molecule has 0 radical (unpaired) electrons. The highest BCUT2D eigenvalue weighted by molar-refractivity contribution is 6.51. The Morgan fingerprint density at radius 3 is 2.17 bits per heavy atom. The van der Waals surface area contributed by atoms with Gasteiger partial charge >= 0.3 is 0 Å². The number of amides is 1. The van der Waals surface area contributed by atoms with Gasteiger partial charge in [0.15, 0.2) is 0 Å². The topological polar surface area (TPSA) is 96.3 Å². The number of hydrogen-bond acceptors (Lipinski definition) is 6. The second-order valence-electron chi connectivity index (χ2n) is 7.94. The monoisotopic (exact) mass is 493 g/mol. The summed E-state index contributed by atoms with van der Waals surface area (Å²) >= 11 is 6.18. The van der Waals surface area contributed by atoms with E-state index in [4.69, 9.17) is 21.1 Å². The van der Waals surface area contributed by atoms with Gasteiger partial charge in [0.2, 0.25) is 0 Å². The van der Waals surface area contributed by atoms with Gasteiger partial charge in [-0.25, -0.2) is 0 Å². The summed E-state index contributed by atoms with van der Waals surface area (Å²) in [6.45, 7) is 2.01. The van der Waals surface area contributed by atoms with E-state index in [9.17, 15) is 19.8 Å². The molecule has 1 aliphatic heterocycles. The minimum Gasteiger partial charge on any atom is -0.506 e. The summed E-state index contributed by atoms with van der Waals surface area (Å²) in [4.78, 5) is 28.0. The Balaban J connectivity index is 2.01. The van der Waals surface area contributed by atoms with Gasteiger partial charge in [-0.3, -0.25) is 14.5 Å². The molecule has 35 heavy (non-hydrogen) atoms. The average molecular weight is 494 g/mol. The molecule has 0 spiro atoms. The largest absolute Gasteiger partial charge is 0.506 e. The van der Waals surface area contributed by atoms with E-state index in [-0.39, 0.29) is 33.4 Å². The molecule has 1 atom stereocenters. The number of carbonyl (C=O) groups is 2. The minimum atomic E-state index is -1.02. The average Bonchev–Trinajstić information content (AvgIpc) is 3.14. The van der Waals surface area contributed by atoms with Crippen LogP contribution in [-0.2, 0) is 16.0 Å². The Kier molecular flexibility index (Phi) is 6.71. The maximum absolute atomic E-state index is 13.4. The Labute approximate surface area is 207 Å². The van der Waals surface area contributed by atoms with E-state index in [0.29, 0.717) is 11.3 Å². The predicted molar refractivity (Wildman–Crippen MR) is 133 cm³/mol. The van der Waals surface area contributed by atoms with Crippen molar-refractivity contribution in [2.24, 2.45) is 0 Å². The fourth-order valence-electron chi connectivity index (χ4n) is 4.22. The fraction of sp³-hybridized carbons (Fsp3) is 0.185. The Bertz CT molecular complexity index is 1310. The van der Waals surface area contributed by atoms with Crippen molar-refractivity contribution in [3.8, 4) is 17.2 Å². The van der Waals surface area contributed by atoms with Crippen molar-refractivity contribution in [1.29, 1.82) is 0 Å². The van der Waals surface area contributed by atoms with E-state index >= 15 is 0 Å². The molecule has 0 bridgehead atoms. The summed E-state index contributed by atoms with van der Waals surface area (Å²) in [7, 11) is 2.85. The van der Waals surface area contributed by atoms with Crippen LogP contribution in [0.25, 0.3) is 5.76 Å². The first-order valence-corrected chi connectivity index (χ1v) is 11.3. The number of nitrogens with zero attached hydrogens (tertiary/aromatic N) is 1. The van der Waals surface area contributed by atoms with Crippen LogP contribution in [0, 0.1) is 0 Å². The number of phenols is 1. The van der Waals surface area contributed by atoms with Crippen LogP contribution in [0.4, 0.5) is 5.69 Å². The number of methoxy groups -OCH3 is 2. The Hall–Kier alpha value is -3.97. The highest BCUT2D eigenvalue weighted by atomic mass is 35.5. The fourth-order valence-corrected chi connectivity index (χ4v) is 4.41. The molecule has 0 aromatic heterocycles. The second kappa shape index (κ2) is 9.72. The number of halogens is 1. The molecule has 8 heteroatoms. The molecule has 0 saturated carbocycles. The van der Waals surface area contributed by atoms with E-state index in [1.165, 1.54) is 31.3 Å². The molecule has 3 aromatic carbocycles. The van der Waals surface area contributed by atoms with Crippen molar-refractivity contribution in [2.45, 2.75) is 19.4 Å². The lowest BCUT2D eigenvalue weighted by Crippen LogP contribution is -2.29. The first kappa shape index (κ1) is 24.2. The number of aromatic hydroxyl groups is 1. The molecule has 1 amide bonds. The first-order chi connectivity index (χ1) is 16.8. The van der Waals surface area contributed by atoms with Crippen LogP contribution >= 0.6 is 11.6 Å². The summed E-state index contributed by atoms with van der Waals surface area (Å²) < 4.78 is 10.8. The van der Waals surface area contributed by atoms with E-state index in [1.54, 1.807) is 36.4 Å². The number of ketones is 1. The third-order valence-corrected chi connectivity index (χ3v) is 6.32. The SMILES string of the molecule is CCc1ccc(N2C(=O)C(=O)/C(=C(/O)c3c(OC)cccc3OC)C2c2ccc(O)c(Cl)c2)cc1. The molecule has 1 heterocycles. The van der Waals surface area contributed by atoms with Crippen LogP contribution in [-0.4, -0.2) is 36.1 Å². The summed E-state index contributed by atoms with van der Waals surface area (Å²) in [5, 5.41) is 21.5. The van der Waals surface area contributed by atoms with Gasteiger partial charge in [-0.15, -0.1) is 0 Å². The van der Waals surface area contributed by atoms with Crippen LogP contribution in [0.3, 0.4) is 0 Å². The summed E-state index contributed by atoms with van der Waals surface area (Å²) in [6.07, 6.45) is 0.809. The van der Waals surface area contributed by atoms with E-state index < -0.39 is 23.5 Å². The van der Waals surface area contributed by atoms with Crippen LogP contribution in [0.2, 0.25) is 5.02 Å². The molecule has 3 aromatic rings. The number of phenolic OH excluding ortho intramolecular Hbond substituents is 1. The van der Waals surface area contributed by atoms with Crippen LogP contribution < -0.4 is 14.4 Å². The van der Waals surface area contributed by atoms with Gasteiger partial charge in [-0.2, -0.15) is 0 Å². The number of rotatable bonds is 6. The number of benzene rings is 3. The van der Waals surface area contributed by atoms with Gasteiger partial charge in [-0.05, 0) is 53.9 Å². The number of aliphatic hydroxyl groups excluding tert-OH is 1. The second-order valence-corrected chi connectivity index (χ2v) is 8.34. The van der Waals surface area contributed by atoms with Gasteiger partial charge < -0.3 is 19.7 Å². The molecule has 1 fully saturated rings. The quantitative estimate of drug-likeness (QED) is 0.276. The minimum absolute atomic E-state index is 0.0456. The molecule has 4 rings (SSSR count). The summed E-state index contributed by atoms with van der Waals surface area (Å²) in [5.41, 5.74) is 1.96. The number of ether oxygens (including phenoxy) is 2. The molecule has 2 N–H and O–H groups in total. The predicted octanol–water partition coefficient (Wildman–Crippen LogP) is 5.25. The normalized spacial score (nSPS) is 17.0. The standard InChI is InChI=1S/C27H24ClNO6/c1-4-15-8-11-17(12-9-15)29-24(16-10-13-19(30)18(28)14-16)23(26(32)27(29)33)25(31)22-20(34-2)6-5-7-21(22)35-3/h5-14,24,30-31H,4H2,1-3H3/b25-23+. The summed E-state index contributed by atoms with van der Waals surface area (Å²) in [6, 6.07) is 15.5. The molecule has 1 unspecified atom stereocenters.